The van der Waals surface area contributed by atoms with Crippen LogP contribution in [0, 0.1) is 0 Å². The molecule has 0 nitrogen and oxygen atoms in total. The molecule has 1 rings (SSSR count). The van der Waals surface area contributed by atoms with Gasteiger partial charge in [0.1, 0.15) is 0 Å². The molecule has 0 N–H and O–H groups in total. The Morgan fingerprint density at radius 1 is 1.23 bits per heavy atom. The standard InChI is InChI=1S/C10H11BrS2/c11-9-3-5-10(6-4-9)13-8-2-1-7-12/h1-6,12H,7-8H2. The molecule has 0 heterocycles. The van der Waals surface area contributed by atoms with Crippen LogP contribution in [0.15, 0.2) is 45.8 Å². The van der Waals surface area contributed by atoms with Crippen LogP contribution in [0.4, 0.5) is 0 Å². The van der Waals surface area contributed by atoms with E-state index >= 15 is 0 Å². The Hall–Kier alpha value is 0.140. The molecule has 0 saturated heterocycles. The van der Waals surface area contributed by atoms with Crippen molar-refractivity contribution in [2.45, 2.75) is 4.90 Å². The van der Waals surface area contributed by atoms with E-state index in [0.29, 0.717) is 0 Å². The van der Waals surface area contributed by atoms with Gasteiger partial charge >= 0.3 is 0 Å². The average Bonchev–Trinajstić information content (AvgIpc) is 2.15. The smallest absolute Gasteiger partial charge is 0.0176 e. The molecule has 0 aliphatic rings. The van der Waals surface area contributed by atoms with Gasteiger partial charge in [-0.2, -0.15) is 12.6 Å². The molecule has 0 fully saturated rings. The number of thiol groups is 1. The highest BCUT2D eigenvalue weighted by atomic mass is 79.9. The lowest BCUT2D eigenvalue weighted by molar-refractivity contribution is 1.44. The van der Waals surface area contributed by atoms with Gasteiger partial charge in [-0.25, -0.2) is 0 Å². The van der Waals surface area contributed by atoms with E-state index in [4.69, 9.17) is 0 Å². The first-order valence-electron chi connectivity index (χ1n) is 3.97. The van der Waals surface area contributed by atoms with Crippen molar-refractivity contribution in [1.29, 1.82) is 0 Å². The fourth-order valence-electron chi connectivity index (χ4n) is 0.818. The van der Waals surface area contributed by atoms with Crippen LogP contribution in [0.2, 0.25) is 0 Å². The van der Waals surface area contributed by atoms with Crippen LogP contribution < -0.4 is 0 Å². The van der Waals surface area contributed by atoms with Gasteiger partial charge < -0.3 is 0 Å². The predicted molar refractivity (Wildman–Crippen MR) is 67.9 cm³/mol. The summed E-state index contributed by atoms with van der Waals surface area (Å²) in [6.07, 6.45) is 4.20. The summed E-state index contributed by atoms with van der Waals surface area (Å²) in [4.78, 5) is 1.30. The summed E-state index contributed by atoms with van der Waals surface area (Å²) < 4.78 is 1.13. The lowest BCUT2D eigenvalue weighted by atomic mass is 10.4. The molecule has 3 heteroatoms. The van der Waals surface area contributed by atoms with Crippen LogP contribution >= 0.6 is 40.3 Å². The summed E-state index contributed by atoms with van der Waals surface area (Å²) >= 11 is 9.32. The van der Waals surface area contributed by atoms with E-state index in [1.165, 1.54) is 4.90 Å². The van der Waals surface area contributed by atoms with Crippen molar-refractivity contribution < 1.29 is 0 Å². The number of thioether (sulfide) groups is 1. The van der Waals surface area contributed by atoms with E-state index in [1.807, 2.05) is 11.8 Å². The monoisotopic (exact) mass is 274 g/mol. The van der Waals surface area contributed by atoms with Gasteiger partial charge in [0.05, 0.1) is 0 Å². The Morgan fingerprint density at radius 3 is 2.54 bits per heavy atom. The third-order valence-corrected chi connectivity index (χ3v) is 3.14. The maximum Gasteiger partial charge on any atom is 0.0176 e. The lowest BCUT2D eigenvalue weighted by Gasteiger charge is -1.97. The fourth-order valence-corrected chi connectivity index (χ4v) is 1.98. The number of rotatable bonds is 4. The number of hydrogen-bond acceptors (Lipinski definition) is 2. The summed E-state index contributed by atoms with van der Waals surface area (Å²) in [6, 6.07) is 8.35. The number of benzene rings is 1. The fraction of sp³-hybridized carbons (Fsp3) is 0.200. The minimum atomic E-state index is 0.820. The van der Waals surface area contributed by atoms with Crippen LogP contribution in [-0.4, -0.2) is 11.5 Å². The van der Waals surface area contributed by atoms with Gasteiger partial charge in [-0.15, -0.1) is 11.8 Å². The largest absolute Gasteiger partial charge is 0.175 e. The molecule has 0 aromatic heterocycles. The summed E-state index contributed by atoms with van der Waals surface area (Å²) in [7, 11) is 0. The van der Waals surface area contributed by atoms with Crippen LogP contribution in [0.3, 0.4) is 0 Å². The third kappa shape index (κ3) is 4.79. The molecule has 0 spiro atoms. The van der Waals surface area contributed by atoms with Gasteiger partial charge in [0.25, 0.3) is 0 Å². The van der Waals surface area contributed by atoms with E-state index in [9.17, 15) is 0 Å². The molecule has 0 aliphatic carbocycles. The first-order chi connectivity index (χ1) is 6.33. The van der Waals surface area contributed by atoms with Gasteiger partial charge in [-0.3, -0.25) is 0 Å². The Morgan fingerprint density at radius 2 is 1.92 bits per heavy atom. The Balaban J connectivity index is 2.37. The lowest BCUT2D eigenvalue weighted by Crippen LogP contribution is -1.74. The molecule has 0 saturated carbocycles. The number of halogens is 1. The zero-order chi connectivity index (χ0) is 9.52. The molecule has 0 atom stereocenters. The molecule has 0 unspecified atom stereocenters. The van der Waals surface area contributed by atoms with Gasteiger partial charge in [-0.05, 0) is 24.3 Å². The van der Waals surface area contributed by atoms with Crippen LogP contribution in [0.5, 0.6) is 0 Å². The normalized spacial score (nSPS) is 10.9. The van der Waals surface area contributed by atoms with Gasteiger partial charge in [0, 0.05) is 20.9 Å². The van der Waals surface area contributed by atoms with E-state index in [2.05, 4.69) is 65.0 Å². The van der Waals surface area contributed by atoms with Crippen molar-refractivity contribution in [1.82, 2.24) is 0 Å². The Labute approximate surface area is 97.3 Å². The maximum absolute atomic E-state index is 4.09. The zero-order valence-corrected chi connectivity index (χ0v) is 10.4. The zero-order valence-electron chi connectivity index (χ0n) is 7.11. The van der Waals surface area contributed by atoms with Crippen molar-refractivity contribution in [2.75, 3.05) is 11.5 Å². The molecule has 13 heavy (non-hydrogen) atoms. The van der Waals surface area contributed by atoms with E-state index in [0.717, 1.165) is 16.0 Å². The molecular formula is C10H11BrS2. The average molecular weight is 275 g/mol. The highest BCUT2D eigenvalue weighted by Gasteiger charge is 1.90. The molecule has 0 radical (unpaired) electrons. The second-order valence-corrected chi connectivity index (χ2v) is 4.79. The van der Waals surface area contributed by atoms with Gasteiger partial charge in [0.15, 0.2) is 0 Å². The minimum Gasteiger partial charge on any atom is -0.175 e. The topological polar surface area (TPSA) is 0 Å². The molecule has 0 aliphatic heterocycles. The second kappa shape index (κ2) is 6.57. The van der Waals surface area contributed by atoms with Crippen LogP contribution in [0.1, 0.15) is 0 Å². The molecule has 70 valence electrons. The quantitative estimate of drug-likeness (QED) is 0.492. The van der Waals surface area contributed by atoms with Crippen LogP contribution in [-0.2, 0) is 0 Å². The molecule has 0 amide bonds. The highest BCUT2D eigenvalue weighted by molar-refractivity contribution is 9.10. The molecule has 0 bridgehead atoms. The van der Waals surface area contributed by atoms with Crippen molar-refractivity contribution in [3.8, 4) is 0 Å². The van der Waals surface area contributed by atoms with E-state index in [-0.39, 0.29) is 0 Å². The maximum atomic E-state index is 4.09. The molecule has 1 aromatic carbocycles. The predicted octanol–water partition coefficient (Wildman–Crippen LogP) is 4.03. The van der Waals surface area contributed by atoms with Crippen molar-refractivity contribution in [3.05, 3.63) is 40.9 Å². The van der Waals surface area contributed by atoms with Gasteiger partial charge in [-0.1, -0.05) is 28.1 Å². The molecular weight excluding hydrogens is 264 g/mol. The Kier molecular flexibility index (Phi) is 5.67. The summed E-state index contributed by atoms with van der Waals surface area (Å²) in [5, 5.41) is 0. The minimum absolute atomic E-state index is 0.820. The molecule has 1 aromatic rings. The number of hydrogen-bond donors (Lipinski definition) is 1. The second-order valence-electron chi connectivity index (χ2n) is 2.42. The van der Waals surface area contributed by atoms with Crippen molar-refractivity contribution in [2.24, 2.45) is 0 Å². The first kappa shape index (κ1) is 11.2. The highest BCUT2D eigenvalue weighted by Crippen LogP contribution is 2.20. The van der Waals surface area contributed by atoms with E-state index < -0.39 is 0 Å². The first-order valence-corrected chi connectivity index (χ1v) is 6.38. The van der Waals surface area contributed by atoms with Crippen molar-refractivity contribution in [3.63, 3.8) is 0 Å². The van der Waals surface area contributed by atoms with Crippen molar-refractivity contribution >= 4 is 40.3 Å². The van der Waals surface area contributed by atoms with Gasteiger partial charge in [0.2, 0.25) is 0 Å². The summed E-state index contributed by atoms with van der Waals surface area (Å²) in [5.74, 6) is 1.84. The third-order valence-electron chi connectivity index (χ3n) is 1.43. The van der Waals surface area contributed by atoms with E-state index in [1.54, 1.807) is 0 Å². The summed E-state index contributed by atoms with van der Waals surface area (Å²) in [5.41, 5.74) is 0. The summed E-state index contributed by atoms with van der Waals surface area (Å²) in [6.45, 7) is 0. The Bertz CT molecular complexity index is 267. The SMILES string of the molecule is SCC=CCSc1ccc(Br)cc1. The van der Waals surface area contributed by atoms with Crippen LogP contribution in [0.25, 0.3) is 0 Å².